The van der Waals surface area contributed by atoms with Crippen LogP contribution in [-0.4, -0.2) is 30.8 Å². The van der Waals surface area contributed by atoms with Gasteiger partial charge in [-0.2, -0.15) is 4.31 Å². The Labute approximate surface area is 133 Å². The van der Waals surface area contributed by atoms with E-state index in [1.54, 1.807) is 4.31 Å². The molecule has 0 aliphatic carbocycles. The van der Waals surface area contributed by atoms with Crippen LogP contribution in [-0.2, 0) is 10.0 Å². The van der Waals surface area contributed by atoms with Gasteiger partial charge in [0, 0.05) is 19.3 Å². The van der Waals surface area contributed by atoms with Gasteiger partial charge in [-0.05, 0) is 36.8 Å². The molecule has 0 saturated heterocycles. The Kier molecular flexibility index (Phi) is 7.10. The van der Waals surface area contributed by atoms with Gasteiger partial charge in [0.1, 0.15) is 5.15 Å². The molecule has 0 spiro atoms. The van der Waals surface area contributed by atoms with Crippen molar-refractivity contribution in [3.63, 3.8) is 0 Å². The van der Waals surface area contributed by atoms with E-state index in [0.29, 0.717) is 24.9 Å². The molecule has 0 bridgehead atoms. The Bertz CT molecular complexity index is 532. The summed E-state index contributed by atoms with van der Waals surface area (Å²) >= 11 is 5.82. The van der Waals surface area contributed by atoms with Gasteiger partial charge < -0.3 is 0 Å². The molecule has 6 heteroatoms. The van der Waals surface area contributed by atoms with Crippen molar-refractivity contribution in [1.29, 1.82) is 0 Å². The summed E-state index contributed by atoms with van der Waals surface area (Å²) in [6.07, 6.45) is 3.12. The topological polar surface area (TPSA) is 50.3 Å². The smallest absolute Gasteiger partial charge is 0.243 e. The van der Waals surface area contributed by atoms with E-state index in [2.05, 4.69) is 32.7 Å². The van der Waals surface area contributed by atoms with E-state index in [0.717, 1.165) is 12.8 Å². The van der Waals surface area contributed by atoms with Crippen molar-refractivity contribution in [3.8, 4) is 0 Å². The lowest BCUT2D eigenvalue weighted by atomic mass is 10.1. The predicted octanol–water partition coefficient (Wildman–Crippen LogP) is 3.82. The van der Waals surface area contributed by atoms with Gasteiger partial charge in [-0.15, -0.1) is 0 Å². The van der Waals surface area contributed by atoms with Crippen LogP contribution in [0, 0.1) is 11.8 Å². The van der Waals surface area contributed by atoms with Crippen LogP contribution in [0.2, 0.25) is 5.15 Å². The number of nitrogens with zero attached hydrogens (tertiary/aromatic N) is 2. The number of rotatable bonds is 8. The first-order chi connectivity index (χ1) is 9.73. The van der Waals surface area contributed by atoms with Gasteiger partial charge in [-0.3, -0.25) is 0 Å². The number of aromatic nitrogens is 1. The zero-order valence-electron chi connectivity index (χ0n) is 13.2. The minimum absolute atomic E-state index is 0.198. The molecule has 21 heavy (non-hydrogen) atoms. The molecule has 1 heterocycles. The second-order valence-corrected chi connectivity index (χ2v) is 8.41. The monoisotopic (exact) mass is 332 g/mol. The Morgan fingerprint density at radius 1 is 1.14 bits per heavy atom. The fourth-order valence-electron chi connectivity index (χ4n) is 1.85. The third-order valence-corrected chi connectivity index (χ3v) is 5.35. The maximum atomic E-state index is 12.7. The molecule has 0 atom stereocenters. The second kappa shape index (κ2) is 8.11. The van der Waals surface area contributed by atoms with Gasteiger partial charge in [-0.25, -0.2) is 13.4 Å². The molecule has 1 aromatic heterocycles. The summed E-state index contributed by atoms with van der Waals surface area (Å²) in [5.74, 6) is 0.922. The molecule has 0 unspecified atom stereocenters. The van der Waals surface area contributed by atoms with Crippen LogP contribution in [0.4, 0.5) is 0 Å². The van der Waals surface area contributed by atoms with Crippen molar-refractivity contribution in [2.75, 3.05) is 13.1 Å². The summed E-state index contributed by atoms with van der Waals surface area (Å²) < 4.78 is 27.1. The fourth-order valence-corrected chi connectivity index (χ4v) is 3.57. The second-order valence-electron chi connectivity index (χ2n) is 6.08. The molecule has 0 N–H and O–H groups in total. The molecule has 0 amide bonds. The maximum absolute atomic E-state index is 12.7. The van der Waals surface area contributed by atoms with Crippen molar-refractivity contribution in [2.24, 2.45) is 11.8 Å². The van der Waals surface area contributed by atoms with E-state index in [-0.39, 0.29) is 10.0 Å². The van der Waals surface area contributed by atoms with E-state index in [1.807, 2.05) is 0 Å². The van der Waals surface area contributed by atoms with E-state index < -0.39 is 10.0 Å². The average molecular weight is 333 g/mol. The molecule has 120 valence electrons. The quantitative estimate of drug-likeness (QED) is 0.680. The lowest BCUT2D eigenvalue weighted by Gasteiger charge is -2.24. The van der Waals surface area contributed by atoms with Gasteiger partial charge in [0.25, 0.3) is 0 Å². The largest absolute Gasteiger partial charge is 0.244 e. The summed E-state index contributed by atoms with van der Waals surface area (Å²) in [6.45, 7) is 9.44. The zero-order chi connectivity index (χ0) is 16.0. The molecule has 1 rings (SSSR count). The molecule has 0 aromatic carbocycles. The summed E-state index contributed by atoms with van der Waals surface area (Å²) in [5, 5.41) is 0.198. The first-order valence-electron chi connectivity index (χ1n) is 7.35. The Balaban J connectivity index is 2.98. The average Bonchev–Trinajstić information content (AvgIpc) is 2.37. The van der Waals surface area contributed by atoms with Gasteiger partial charge in [-0.1, -0.05) is 39.3 Å². The number of pyridine rings is 1. The molecular formula is C15H25ClN2O2S. The number of halogens is 1. The van der Waals surface area contributed by atoms with Crippen LogP contribution >= 0.6 is 11.6 Å². The highest BCUT2D eigenvalue weighted by atomic mass is 35.5. The summed E-state index contributed by atoms with van der Waals surface area (Å²) in [5.41, 5.74) is 0. The molecule has 4 nitrogen and oxygen atoms in total. The molecule has 0 aliphatic rings. The lowest BCUT2D eigenvalue weighted by molar-refractivity contribution is 0.357. The standard InChI is InChI=1S/C15H25ClN2O2S/c1-12(2)6-9-18(10-7-13(3)4)21(19,20)14-5-8-17-15(16)11-14/h5,8,11-13H,6-7,9-10H2,1-4H3. The first-order valence-corrected chi connectivity index (χ1v) is 9.17. The minimum Gasteiger partial charge on any atom is -0.244 e. The molecule has 0 fully saturated rings. The van der Waals surface area contributed by atoms with Crippen LogP contribution in [0.15, 0.2) is 23.2 Å². The van der Waals surface area contributed by atoms with Crippen LogP contribution < -0.4 is 0 Å². The van der Waals surface area contributed by atoms with Gasteiger partial charge in [0.05, 0.1) is 4.90 Å². The van der Waals surface area contributed by atoms with Gasteiger partial charge in [0.15, 0.2) is 0 Å². The first kappa shape index (κ1) is 18.4. The summed E-state index contributed by atoms with van der Waals surface area (Å²) in [4.78, 5) is 4.06. The van der Waals surface area contributed by atoms with E-state index in [9.17, 15) is 8.42 Å². The highest BCUT2D eigenvalue weighted by Gasteiger charge is 2.24. The van der Waals surface area contributed by atoms with Gasteiger partial charge in [0.2, 0.25) is 10.0 Å². The Morgan fingerprint density at radius 2 is 1.67 bits per heavy atom. The summed E-state index contributed by atoms with van der Waals surface area (Å²) in [6, 6.07) is 2.91. The minimum atomic E-state index is -3.51. The highest BCUT2D eigenvalue weighted by molar-refractivity contribution is 7.89. The fraction of sp³-hybridized carbons (Fsp3) is 0.667. The van der Waals surface area contributed by atoms with Crippen LogP contribution in [0.5, 0.6) is 0 Å². The Morgan fingerprint density at radius 3 is 2.10 bits per heavy atom. The predicted molar refractivity (Wildman–Crippen MR) is 86.9 cm³/mol. The summed E-state index contributed by atoms with van der Waals surface area (Å²) in [7, 11) is -3.51. The van der Waals surface area contributed by atoms with Crippen molar-refractivity contribution in [3.05, 3.63) is 23.5 Å². The molecule has 0 radical (unpaired) electrons. The molecule has 1 aromatic rings. The van der Waals surface area contributed by atoms with Crippen molar-refractivity contribution in [1.82, 2.24) is 9.29 Å². The molecular weight excluding hydrogens is 308 g/mol. The van der Waals surface area contributed by atoms with Crippen LogP contribution in [0.3, 0.4) is 0 Å². The number of sulfonamides is 1. The third-order valence-electron chi connectivity index (χ3n) is 3.25. The normalized spacial score (nSPS) is 12.6. The van der Waals surface area contributed by atoms with Crippen molar-refractivity contribution < 1.29 is 8.42 Å². The van der Waals surface area contributed by atoms with Gasteiger partial charge >= 0.3 is 0 Å². The number of hydrogen-bond acceptors (Lipinski definition) is 3. The van der Waals surface area contributed by atoms with E-state index >= 15 is 0 Å². The van der Waals surface area contributed by atoms with E-state index in [1.165, 1.54) is 18.3 Å². The highest BCUT2D eigenvalue weighted by Crippen LogP contribution is 2.20. The zero-order valence-corrected chi connectivity index (χ0v) is 14.8. The van der Waals surface area contributed by atoms with E-state index in [4.69, 9.17) is 11.6 Å². The molecule has 0 aliphatic heterocycles. The Hall–Kier alpha value is -0.650. The van der Waals surface area contributed by atoms with Crippen molar-refractivity contribution in [2.45, 2.75) is 45.4 Å². The SMILES string of the molecule is CC(C)CCN(CCC(C)C)S(=O)(=O)c1ccnc(Cl)c1. The van der Waals surface area contributed by atoms with Crippen LogP contribution in [0.1, 0.15) is 40.5 Å². The van der Waals surface area contributed by atoms with Crippen LogP contribution in [0.25, 0.3) is 0 Å². The lowest BCUT2D eigenvalue weighted by Crippen LogP contribution is -2.34. The molecule has 0 saturated carbocycles. The van der Waals surface area contributed by atoms with Crippen molar-refractivity contribution >= 4 is 21.6 Å². The maximum Gasteiger partial charge on any atom is 0.243 e. The number of hydrogen-bond donors (Lipinski definition) is 0. The third kappa shape index (κ3) is 5.93.